The number of halogens is 2. The van der Waals surface area contributed by atoms with Gasteiger partial charge in [0.25, 0.3) is 0 Å². The highest BCUT2D eigenvalue weighted by Gasteiger charge is 2.19. The highest BCUT2D eigenvalue weighted by atomic mass is 19.1. The summed E-state index contributed by atoms with van der Waals surface area (Å²) in [6.45, 7) is 10.3. The Morgan fingerprint density at radius 2 is 1.26 bits per heavy atom. The van der Waals surface area contributed by atoms with Crippen LogP contribution in [0.5, 0.6) is 5.75 Å². The molecule has 0 radical (unpaired) electrons. The SMILES string of the molecule is CC(C)(C)c1ccc(OCCCN2CCC(=C(c3ccc(F)cc3)c3ccc(F)cc3)CC2)cc1.O=C(O)/C=C/C(=O)O. The second kappa shape index (κ2) is 15.8. The van der Waals surface area contributed by atoms with Crippen LogP contribution in [0.3, 0.4) is 0 Å². The minimum Gasteiger partial charge on any atom is -0.494 e. The van der Waals surface area contributed by atoms with Crippen LogP contribution >= 0.6 is 0 Å². The van der Waals surface area contributed by atoms with Crippen molar-refractivity contribution in [3.05, 3.63) is 119 Å². The number of rotatable bonds is 9. The Labute approximate surface area is 251 Å². The fourth-order valence-electron chi connectivity index (χ4n) is 4.78. The maximum Gasteiger partial charge on any atom is 0.328 e. The van der Waals surface area contributed by atoms with E-state index in [1.54, 1.807) is 0 Å². The first kappa shape index (κ1) is 33.2. The zero-order valence-corrected chi connectivity index (χ0v) is 24.9. The van der Waals surface area contributed by atoms with Gasteiger partial charge in [-0.1, -0.05) is 62.7 Å². The Hall–Kier alpha value is -4.30. The lowest BCUT2D eigenvalue weighted by atomic mass is 9.87. The molecule has 1 aliphatic heterocycles. The normalized spacial score (nSPS) is 13.7. The first-order valence-corrected chi connectivity index (χ1v) is 14.3. The number of benzene rings is 3. The van der Waals surface area contributed by atoms with Crippen LogP contribution in [-0.4, -0.2) is 53.3 Å². The van der Waals surface area contributed by atoms with E-state index in [0.717, 1.165) is 61.3 Å². The van der Waals surface area contributed by atoms with Crippen molar-refractivity contribution in [3.63, 3.8) is 0 Å². The summed E-state index contributed by atoms with van der Waals surface area (Å²) in [4.78, 5) is 21.6. The molecule has 1 heterocycles. The largest absolute Gasteiger partial charge is 0.494 e. The molecule has 0 atom stereocenters. The van der Waals surface area contributed by atoms with Crippen LogP contribution < -0.4 is 4.74 Å². The second-order valence-electron chi connectivity index (χ2n) is 11.3. The third-order valence-corrected chi connectivity index (χ3v) is 7.06. The van der Waals surface area contributed by atoms with Crippen molar-refractivity contribution in [1.29, 1.82) is 0 Å². The van der Waals surface area contributed by atoms with Crippen LogP contribution in [-0.2, 0) is 15.0 Å². The first-order valence-electron chi connectivity index (χ1n) is 14.3. The molecule has 0 saturated carbocycles. The molecular weight excluding hydrogens is 552 g/mol. The fraction of sp³-hybridized carbons (Fsp3) is 0.314. The van der Waals surface area contributed by atoms with Gasteiger partial charge in [0.1, 0.15) is 17.4 Å². The van der Waals surface area contributed by atoms with Gasteiger partial charge in [0.05, 0.1) is 6.61 Å². The molecule has 0 spiro atoms. The Bertz CT molecular complexity index is 1330. The molecule has 1 saturated heterocycles. The number of hydrogen-bond donors (Lipinski definition) is 2. The molecule has 1 fully saturated rings. The van der Waals surface area contributed by atoms with Crippen LogP contribution in [0, 0.1) is 11.6 Å². The van der Waals surface area contributed by atoms with Crippen molar-refractivity contribution in [2.24, 2.45) is 0 Å². The van der Waals surface area contributed by atoms with E-state index in [0.29, 0.717) is 18.8 Å². The lowest BCUT2D eigenvalue weighted by Gasteiger charge is -2.30. The van der Waals surface area contributed by atoms with Crippen LogP contribution in [0.15, 0.2) is 90.5 Å². The van der Waals surface area contributed by atoms with Gasteiger partial charge >= 0.3 is 11.9 Å². The maximum atomic E-state index is 13.5. The molecule has 8 heteroatoms. The summed E-state index contributed by atoms with van der Waals surface area (Å²) < 4.78 is 33.0. The fourth-order valence-corrected chi connectivity index (χ4v) is 4.78. The standard InChI is InChI=1S/C31H35F2NO.C4H4O4/c1-31(2,3)26-9-15-29(16-10-26)35-22-4-19-34-20-17-25(18-21-34)30(23-5-11-27(32)12-6-23)24-7-13-28(33)14-8-24;5-3(6)1-2-4(7)8/h5-16H,4,17-22H2,1-3H3;1-2H,(H,5,6)(H,7,8)/b;2-1+. The number of carbonyl (C=O) groups is 2. The van der Waals surface area contributed by atoms with E-state index in [9.17, 15) is 18.4 Å². The van der Waals surface area contributed by atoms with Crippen LogP contribution in [0.4, 0.5) is 8.78 Å². The maximum absolute atomic E-state index is 13.5. The Morgan fingerprint density at radius 1 is 0.791 bits per heavy atom. The van der Waals surface area contributed by atoms with Crippen LogP contribution in [0.25, 0.3) is 5.57 Å². The van der Waals surface area contributed by atoms with Gasteiger partial charge in [-0.2, -0.15) is 0 Å². The average molecular weight is 592 g/mol. The number of ether oxygens (including phenoxy) is 1. The predicted octanol–water partition coefficient (Wildman–Crippen LogP) is 7.34. The lowest BCUT2D eigenvalue weighted by Crippen LogP contribution is -2.32. The van der Waals surface area contributed by atoms with Gasteiger partial charge in [-0.15, -0.1) is 0 Å². The highest BCUT2D eigenvalue weighted by Crippen LogP contribution is 2.33. The monoisotopic (exact) mass is 591 g/mol. The van der Waals surface area contributed by atoms with E-state index in [-0.39, 0.29) is 17.0 Å². The van der Waals surface area contributed by atoms with Crippen molar-refractivity contribution in [1.82, 2.24) is 4.90 Å². The van der Waals surface area contributed by atoms with Gasteiger partial charge in [0.2, 0.25) is 0 Å². The quantitative estimate of drug-likeness (QED) is 0.200. The smallest absolute Gasteiger partial charge is 0.328 e. The zero-order chi connectivity index (χ0) is 31.4. The number of nitrogens with zero attached hydrogens (tertiary/aromatic N) is 1. The van der Waals surface area contributed by atoms with E-state index < -0.39 is 11.9 Å². The molecular formula is C35H39F2NO5. The average Bonchev–Trinajstić information content (AvgIpc) is 2.97. The van der Waals surface area contributed by atoms with Gasteiger partial charge in [0.15, 0.2) is 0 Å². The minimum absolute atomic E-state index is 0.146. The summed E-state index contributed by atoms with van der Waals surface area (Å²) >= 11 is 0. The Morgan fingerprint density at radius 3 is 1.67 bits per heavy atom. The third-order valence-electron chi connectivity index (χ3n) is 7.06. The van der Waals surface area contributed by atoms with E-state index in [1.165, 1.54) is 35.4 Å². The predicted molar refractivity (Wildman–Crippen MR) is 164 cm³/mol. The number of aliphatic carboxylic acids is 2. The summed E-state index contributed by atoms with van der Waals surface area (Å²) in [5.74, 6) is -2.09. The molecule has 43 heavy (non-hydrogen) atoms. The van der Waals surface area contributed by atoms with E-state index >= 15 is 0 Å². The summed E-state index contributed by atoms with van der Waals surface area (Å²) in [6, 6.07) is 21.7. The molecule has 228 valence electrons. The Balaban J connectivity index is 0.000000557. The van der Waals surface area contributed by atoms with Gasteiger partial charge in [-0.3, -0.25) is 0 Å². The van der Waals surface area contributed by atoms with Gasteiger partial charge in [0, 0.05) is 31.8 Å². The minimum atomic E-state index is -1.26. The van der Waals surface area contributed by atoms with Crippen LogP contribution in [0.2, 0.25) is 0 Å². The molecule has 0 amide bonds. The molecule has 4 rings (SSSR count). The number of piperidine rings is 1. The van der Waals surface area contributed by atoms with Crippen molar-refractivity contribution in [2.75, 3.05) is 26.2 Å². The van der Waals surface area contributed by atoms with Crippen molar-refractivity contribution in [3.8, 4) is 5.75 Å². The van der Waals surface area contributed by atoms with Gasteiger partial charge in [-0.05, 0) is 83.3 Å². The summed E-state index contributed by atoms with van der Waals surface area (Å²) in [7, 11) is 0. The number of carboxylic acid groups (broad SMARTS) is 2. The molecule has 3 aromatic carbocycles. The molecule has 3 aromatic rings. The Kier molecular flexibility index (Phi) is 12.2. The molecule has 0 unspecified atom stereocenters. The van der Waals surface area contributed by atoms with E-state index in [1.807, 2.05) is 24.3 Å². The topological polar surface area (TPSA) is 87.1 Å². The molecule has 0 aromatic heterocycles. The van der Waals surface area contributed by atoms with E-state index in [2.05, 4.69) is 49.9 Å². The van der Waals surface area contributed by atoms with E-state index in [4.69, 9.17) is 14.9 Å². The molecule has 2 N–H and O–H groups in total. The zero-order valence-electron chi connectivity index (χ0n) is 24.9. The lowest BCUT2D eigenvalue weighted by molar-refractivity contribution is -0.134. The second-order valence-corrected chi connectivity index (χ2v) is 11.3. The van der Waals surface area contributed by atoms with Crippen molar-refractivity contribution in [2.45, 2.75) is 45.4 Å². The summed E-state index contributed by atoms with van der Waals surface area (Å²) in [5.41, 5.74) is 5.86. The number of carboxylic acids is 2. The summed E-state index contributed by atoms with van der Waals surface area (Å²) in [5, 5.41) is 15.6. The number of likely N-dealkylation sites (tertiary alicyclic amines) is 1. The van der Waals surface area contributed by atoms with Crippen LogP contribution in [0.1, 0.15) is 56.7 Å². The number of hydrogen-bond acceptors (Lipinski definition) is 4. The van der Waals surface area contributed by atoms with Crippen molar-refractivity contribution < 1.29 is 33.3 Å². The van der Waals surface area contributed by atoms with Gasteiger partial charge in [-0.25, -0.2) is 18.4 Å². The van der Waals surface area contributed by atoms with Gasteiger partial charge < -0.3 is 19.8 Å². The third kappa shape index (κ3) is 11.1. The molecule has 6 nitrogen and oxygen atoms in total. The summed E-state index contributed by atoms with van der Waals surface area (Å²) in [6.07, 6.45) is 3.98. The highest BCUT2D eigenvalue weighted by molar-refractivity contribution is 5.89. The molecule has 0 aliphatic carbocycles. The molecule has 1 aliphatic rings. The molecule has 0 bridgehead atoms. The van der Waals surface area contributed by atoms with Crippen molar-refractivity contribution >= 4 is 17.5 Å². The first-order chi connectivity index (χ1) is 20.4.